The summed E-state index contributed by atoms with van der Waals surface area (Å²) in [5.41, 5.74) is 6.66. The fourth-order valence-corrected chi connectivity index (χ4v) is 2.35. The summed E-state index contributed by atoms with van der Waals surface area (Å²) in [7, 11) is 0. The number of nitrogen functional groups attached to an aromatic ring is 1. The van der Waals surface area contributed by atoms with Crippen LogP contribution >= 0.6 is 0 Å². The smallest absolute Gasteiger partial charge is 0.303 e. The zero-order valence-electron chi connectivity index (χ0n) is 11.5. The Bertz CT molecular complexity index is 504. The van der Waals surface area contributed by atoms with E-state index in [-0.39, 0.29) is 5.91 Å². The third-order valence-electron chi connectivity index (χ3n) is 3.31. The Hall–Kier alpha value is -2.11. The van der Waals surface area contributed by atoms with Gasteiger partial charge in [0.05, 0.1) is 0 Å². The average Bonchev–Trinajstić information content (AvgIpc) is 2.39. The summed E-state index contributed by atoms with van der Waals surface area (Å²) < 4.78 is 5.04. The average molecular weight is 277 g/mol. The normalized spacial score (nSPS) is 18.9. The van der Waals surface area contributed by atoms with Gasteiger partial charge in [-0.15, -0.1) is 0 Å². The second kappa shape index (κ2) is 6.36. The maximum atomic E-state index is 12.2. The van der Waals surface area contributed by atoms with Crippen LogP contribution in [0.15, 0.2) is 18.3 Å². The van der Waals surface area contributed by atoms with Gasteiger partial charge in [0.2, 0.25) is 0 Å². The number of esters is 1. The van der Waals surface area contributed by atoms with Crippen molar-refractivity contribution in [3.05, 3.63) is 23.9 Å². The van der Waals surface area contributed by atoms with Gasteiger partial charge in [-0.25, -0.2) is 4.98 Å². The van der Waals surface area contributed by atoms with Crippen molar-refractivity contribution in [2.75, 3.05) is 18.8 Å². The lowest BCUT2D eigenvalue weighted by molar-refractivity contribution is -0.161. The second-order valence-electron chi connectivity index (χ2n) is 4.90. The number of rotatable bonds is 4. The molecule has 0 spiro atoms. The molecule has 0 radical (unpaired) electrons. The van der Waals surface area contributed by atoms with Crippen molar-refractivity contribution in [1.82, 2.24) is 9.88 Å². The Kier molecular flexibility index (Phi) is 4.55. The number of aromatic nitrogens is 1. The van der Waals surface area contributed by atoms with Crippen LogP contribution in [0.2, 0.25) is 0 Å². The van der Waals surface area contributed by atoms with Crippen LogP contribution in [-0.2, 0) is 20.7 Å². The Morgan fingerprint density at radius 1 is 1.60 bits per heavy atom. The van der Waals surface area contributed by atoms with E-state index in [1.807, 2.05) is 6.07 Å². The standard InChI is InChI=1S/C14H19N3O3/c1-10(18)20-12-3-2-7-17(14(12)19)8-5-11-4-6-16-13(15)9-11/h4,6,9,12H,2-3,5,7-8H2,1H3,(H2,15,16). The van der Waals surface area contributed by atoms with E-state index in [9.17, 15) is 9.59 Å². The minimum absolute atomic E-state index is 0.103. The Morgan fingerprint density at radius 3 is 3.10 bits per heavy atom. The van der Waals surface area contributed by atoms with E-state index in [0.717, 1.165) is 12.0 Å². The fraction of sp³-hybridized carbons (Fsp3) is 0.500. The maximum Gasteiger partial charge on any atom is 0.303 e. The number of nitrogens with zero attached hydrogens (tertiary/aromatic N) is 2. The quantitative estimate of drug-likeness (QED) is 0.821. The van der Waals surface area contributed by atoms with Crippen molar-refractivity contribution in [2.45, 2.75) is 32.3 Å². The molecule has 1 aliphatic heterocycles. The first-order chi connectivity index (χ1) is 9.56. The lowest BCUT2D eigenvalue weighted by Crippen LogP contribution is -2.46. The molecule has 108 valence electrons. The zero-order valence-corrected chi connectivity index (χ0v) is 11.5. The predicted molar refractivity (Wildman–Crippen MR) is 73.7 cm³/mol. The predicted octanol–water partition coefficient (Wildman–Crippen LogP) is 0.760. The first kappa shape index (κ1) is 14.3. The van der Waals surface area contributed by atoms with Gasteiger partial charge in [-0.1, -0.05) is 0 Å². The monoisotopic (exact) mass is 277 g/mol. The minimum Gasteiger partial charge on any atom is -0.452 e. The van der Waals surface area contributed by atoms with Crippen LogP contribution in [0.3, 0.4) is 0 Å². The highest BCUT2D eigenvalue weighted by atomic mass is 16.5. The molecule has 1 aromatic rings. The molecule has 0 bridgehead atoms. The van der Waals surface area contributed by atoms with E-state index >= 15 is 0 Å². The molecule has 0 saturated carbocycles. The van der Waals surface area contributed by atoms with Crippen LogP contribution in [0.1, 0.15) is 25.3 Å². The number of carbonyl (C=O) groups is 2. The highest BCUT2D eigenvalue weighted by Gasteiger charge is 2.30. The van der Waals surface area contributed by atoms with E-state index in [1.165, 1.54) is 6.92 Å². The third kappa shape index (κ3) is 3.69. The molecule has 1 saturated heterocycles. The molecule has 1 aromatic heterocycles. The Morgan fingerprint density at radius 2 is 2.40 bits per heavy atom. The van der Waals surface area contributed by atoms with Crippen molar-refractivity contribution in [3.63, 3.8) is 0 Å². The number of pyridine rings is 1. The van der Waals surface area contributed by atoms with Crippen molar-refractivity contribution in [2.24, 2.45) is 0 Å². The molecule has 0 aliphatic carbocycles. The van der Waals surface area contributed by atoms with Crippen molar-refractivity contribution in [3.8, 4) is 0 Å². The fourth-order valence-electron chi connectivity index (χ4n) is 2.35. The SMILES string of the molecule is CC(=O)OC1CCCN(CCc2ccnc(N)c2)C1=O. The van der Waals surface area contributed by atoms with E-state index in [2.05, 4.69) is 4.98 Å². The van der Waals surface area contributed by atoms with E-state index in [0.29, 0.717) is 31.7 Å². The first-order valence-corrected chi connectivity index (χ1v) is 6.72. The molecule has 6 nitrogen and oxygen atoms in total. The summed E-state index contributed by atoms with van der Waals surface area (Å²) in [5, 5.41) is 0. The summed E-state index contributed by atoms with van der Waals surface area (Å²) in [4.78, 5) is 28.8. The molecule has 20 heavy (non-hydrogen) atoms. The van der Waals surface area contributed by atoms with Crippen LogP contribution in [0.4, 0.5) is 5.82 Å². The summed E-state index contributed by atoms with van der Waals surface area (Å²) in [6.45, 7) is 2.63. The van der Waals surface area contributed by atoms with Gasteiger partial charge in [-0.05, 0) is 37.0 Å². The molecule has 1 amide bonds. The van der Waals surface area contributed by atoms with Gasteiger partial charge in [0.15, 0.2) is 6.10 Å². The second-order valence-corrected chi connectivity index (χ2v) is 4.90. The highest BCUT2D eigenvalue weighted by Crippen LogP contribution is 2.16. The molecular formula is C14H19N3O3. The number of hydrogen-bond acceptors (Lipinski definition) is 5. The zero-order chi connectivity index (χ0) is 14.5. The Labute approximate surface area is 117 Å². The molecule has 2 N–H and O–H groups in total. The summed E-state index contributed by atoms with van der Waals surface area (Å²) in [6, 6.07) is 3.69. The topological polar surface area (TPSA) is 85.5 Å². The summed E-state index contributed by atoms with van der Waals surface area (Å²) >= 11 is 0. The van der Waals surface area contributed by atoms with Gasteiger partial charge < -0.3 is 15.4 Å². The van der Waals surface area contributed by atoms with Gasteiger partial charge in [-0.2, -0.15) is 0 Å². The number of likely N-dealkylation sites (tertiary alicyclic amines) is 1. The summed E-state index contributed by atoms with van der Waals surface area (Å²) in [5.74, 6) is -0.0363. The highest BCUT2D eigenvalue weighted by molar-refractivity contribution is 5.84. The number of carbonyl (C=O) groups excluding carboxylic acids is 2. The van der Waals surface area contributed by atoms with Crippen LogP contribution < -0.4 is 5.73 Å². The molecule has 1 aliphatic rings. The third-order valence-corrected chi connectivity index (χ3v) is 3.31. The number of piperidine rings is 1. The molecular weight excluding hydrogens is 258 g/mol. The van der Waals surface area contributed by atoms with Crippen molar-refractivity contribution < 1.29 is 14.3 Å². The molecule has 1 fully saturated rings. The van der Waals surface area contributed by atoms with E-state index in [1.54, 1.807) is 17.2 Å². The maximum absolute atomic E-state index is 12.2. The van der Waals surface area contributed by atoms with Crippen LogP contribution in [-0.4, -0.2) is 41.0 Å². The molecule has 2 heterocycles. The largest absolute Gasteiger partial charge is 0.452 e. The van der Waals surface area contributed by atoms with Gasteiger partial charge >= 0.3 is 5.97 Å². The molecule has 2 rings (SSSR count). The lowest BCUT2D eigenvalue weighted by atomic mass is 10.1. The van der Waals surface area contributed by atoms with Gasteiger partial charge in [0.25, 0.3) is 5.91 Å². The molecule has 6 heteroatoms. The number of ether oxygens (including phenoxy) is 1. The number of anilines is 1. The molecule has 1 atom stereocenters. The number of amides is 1. The van der Waals surface area contributed by atoms with Gasteiger partial charge in [-0.3, -0.25) is 9.59 Å². The number of hydrogen-bond donors (Lipinski definition) is 1. The number of nitrogens with two attached hydrogens (primary N) is 1. The van der Waals surface area contributed by atoms with Crippen molar-refractivity contribution >= 4 is 17.7 Å². The molecule has 1 unspecified atom stereocenters. The van der Waals surface area contributed by atoms with Crippen LogP contribution in [0.5, 0.6) is 0 Å². The first-order valence-electron chi connectivity index (χ1n) is 6.72. The summed E-state index contributed by atoms with van der Waals surface area (Å²) in [6.07, 6.45) is 3.21. The molecule has 0 aromatic carbocycles. The van der Waals surface area contributed by atoms with Crippen molar-refractivity contribution in [1.29, 1.82) is 0 Å². The minimum atomic E-state index is -0.622. The van der Waals surface area contributed by atoms with Gasteiger partial charge in [0, 0.05) is 26.2 Å². The Balaban J connectivity index is 1.92. The lowest BCUT2D eigenvalue weighted by Gasteiger charge is -2.31. The van der Waals surface area contributed by atoms with E-state index in [4.69, 9.17) is 10.5 Å². The van der Waals surface area contributed by atoms with Crippen LogP contribution in [0.25, 0.3) is 0 Å². The van der Waals surface area contributed by atoms with Gasteiger partial charge in [0.1, 0.15) is 5.82 Å². The van der Waals surface area contributed by atoms with Crippen LogP contribution in [0, 0.1) is 0 Å². The van der Waals surface area contributed by atoms with E-state index < -0.39 is 12.1 Å².